The maximum absolute atomic E-state index is 5.40. The third-order valence-electron chi connectivity index (χ3n) is 2.58. The van der Waals surface area contributed by atoms with Crippen molar-refractivity contribution in [1.82, 2.24) is 0 Å². The first-order valence-electron chi connectivity index (χ1n) is 4.84. The van der Waals surface area contributed by atoms with Crippen molar-refractivity contribution in [1.29, 1.82) is 0 Å². The van der Waals surface area contributed by atoms with Crippen molar-refractivity contribution >= 4 is 31.5 Å². The van der Waals surface area contributed by atoms with E-state index in [-0.39, 0.29) is 0 Å². The smallest absolute Gasteiger partial charge is 0.128 e. The zero-order chi connectivity index (χ0) is 10.3. The van der Waals surface area contributed by atoms with Gasteiger partial charge in [-0.05, 0) is 18.2 Å². The lowest BCUT2D eigenvalue weighted by Crippen LogP contribution is -1.81. The summed E-state index contributed by atoms with van der Waals surface area (Å²) in [4.78, 5) is 0. The van der Waals surface area contributed by atoms with Crippen molar-refractivity contribution in [3.63, 3.8) is 0 Å². The molecule has 0 aliphatic rings. The first-order valence-corrected chi connectivity index (χ1v) is 5.66. The minimum Gasteiger partial charge on any atom is -0.496 e. The highest BCUT2D eigenvalue weighted by Crippen LogP contribution is 2.38. The molecule has 0 fully saturated rings. The lowest BCUT2D eigenvalue weighted by atomic mass is 10.1. The van der Waals surface area contributed by atoms with Crippen LogP contribution in [0.25, 0.3) is 20.2 Å². The maximum Gasteiger partial charge on any atom is 0.128 e. The second-order valence-electron chi connectivity index (χ2n) is 3.43. The monoisotopic (exact) mass is 214 g/mol. The maximum atomic E-state index is 5.40. The average molecular weight is 214 g/mol. The van der Waals surface area contributed by atoms with Crippen LogP contribution in [0, 0.1) is 0 Å². The molecule has 2 heteroatoms. The van der Waals surface area contributed by atoms with E-state index in [2.05, 4.69) is 30.3 Å². The van der Waals surface area contributed by atoms with Gasteiger partial charge in [0.05, 0.1) is 7.11 Å². The van der Waals surface area contributed by atoms with Gasteiger partial charge in [0.1, 0.15) is 5.75 Å². The van der Waals surface area contributed by atoms with Gasteiger partial charge >= 0.3 is 0 Å². The van der Waals surface area contributed by atoms with Gasteiger partial charge in [0.15, 0.2) is 0 Å². The Balaban J connectivity index is 2.56. The molecule has 3 rings (SSSR count). The van der Waals surface area contributed by atoms with Crippen molar-refractivity contribution in [2.24, 2.45) is 0 Å². The van der Waals surface area contributed by atoms with E-state index < -0.39 is 0 Å². The van der Waals surface area contributed by atoms with E-state index in [1.54, 1.807) is 7.11 Å². The van der Waals surface area contributed by atoms with Crippen molar-refractivity contribution in [3.05, 3.63) is 42.5 Å². The molecule has 0 bridgehead atoms. The highest BCUT2D eigenvalue weighted by Gasteiger charge is 2.08. The molecule has 0 spiro atoms. The summed E-state index contributed by atoms with van der Waals surface area (Å²) in [7, 11) is 1.72. The Bertz CT molecular complexity index is 625. The van der Waals surface area contributed by atoms with Gasteiger partial charge in [0, 0.05) is 20.2 Å². The molecule has 15 heavy (non-hydrogen) atoms. The van der Waals surface area contributed by atoms with Crippen LogP contribution >= 0.6 is 11.3 Å². The summed E-state index contributed by atoms with van der Waals surface area (Å²) in [6.45, 7) is 0. The number of ether oxygens (including phenoxy) is 1. The highest BCUT2D eigenvalue weighted by molar-refractivity contribution is 7.25. The molecule has 1 aromatic heterocycles. The molecule has 74 valence electrons. The molecule has 0 saturated carbocycles. The zero-order valence-corrected chi connectivity index (χ0v) is 9.17. The number of benzene rings is 2. The van der Waals surface area contributed by atoms with Crippen molar-refractivity contribution in [2.75, 3.05) is 7.11 Å². The summed E-state index contributed by atoms with van der Waals surface area (Å²) in [5.74, 6) is 0.963. The van der Waals surface area contributed by atoms with Crippen LogP contribution in [0.3, 0.4) is 0 Å². The van der Waals surface area contributed by atoms with Crippen LogP contribution in [0.2, 0.25) is 0 Å². The van der Waals surface area contributed by atoms with E-state index in [9.17, 15) is 0 Å². The fourth-order valence-electron chi connectivity index (χ4n) is 1.91. The minimum absolute atomic E-state index is 0.963. The summed E-state index contributed by atoms with van der Waals surface area (Å²) in [5.41, 5.74) is 0. The van der Waals surface area contributed by atoms with Crippen LogP contribution in [0.5, 0.6) is 5.75 Å². The Morgan fingerprint density at radius 2 is 1.73 bits per heavy atom. The molecule has 0 unspecified atom stereocenters. The van der Waals surface area contributed by atoms with E-state index in [1.165, 1.54) is 20.2 Å². The molecule has 0 N–H and O–H groups in total. The van der Waals surface area contributed by atoms with E-state index in [4.69, 9.17) is 4.74 Å². The zero-order valence-electron chi connectivity index (χ0n) is 8.36. The molecule has 1 heterocycles. The first-order chi connectivity index (χ1) is 7.40. The average Bonchev–Trinajstić information content (AvgIpc) is 2.67. The van der Waals surface area contributed by atoms with Gasteiger partial charge in [-0.25, -0.2) is 0 Å². The van der Waals surface area contributed by atoms with Gasteiger partial charge in [-0.15, -0.1) is 11.3 Å². The SMILES string of the molecule is COc1cccc2sc3ccccc3c12. The number of rotatable bonds is 1. The summed E-state index contributed by atoms with van der Waals surface area (Å²) in [6, 6.07) is 14.6. The largest absolute Gasteiger partial charge is 0.496 e. The van der Waals surface area contributed by atoms with E-state index in [0.29, 0.717) is 0 Å². The molecule has 0 aliphatic heterocycles. The molecular weight excluding hydrogens is 204 g/mol. The third-order valence-corrected chi connectivity index (χ3v) is 3.72. The molecule has 0 radical (unpaired) electrons. The minimum atomic E-state index is 0.963. The molecule has 0 atom stereocenters. The fourth-order valence-corrected chi connectivity index (χ4v) is 3.04. The summed E-state index contributed by atoms with van der Waals surface area (Å²) < 4.78 is 8.00. The molecule has 0 saturated heterocycles. The van der Waals surface area contributed by atoms with Crippen LogP contribution < -0.4 is 4.74 Å². The first kappa shape index (κ1) is 8.74. The van der Waals surface area contributed by atoms with Crippen LogP contribution in [0.1, 0.15) is 0 Å². The standard InChI is InChI=1S/C13H10OS/c1-14-10-6-4-8-12-13(10)9-5-2-3-7-11(9)15-12/h2-8H,1H3. The van der Waals surface area contributed by atoms with Crippen molar-refractivity contribution in [2.45, 2.75) is 0 Å². The van der Waals surface area contributed by atoms with E-state index >= 15 is 0 Å². The molecule has 3 aromatic rings. The Labute approximate surface area is 91.9 Å². The van der Waals surface area contributed by atoms with Gasteiger partial charge in [0.25, 0.3) is 0 Å². The van der Waals surface area contributed by atoms with Gasteiger partial charge in [-0.3, -0.25) is 0 Å². The summed E-state index contributed by atoms with van der Waals surface area (Å²) in [5, 5.41) is 2.52. The third kappa shape index (κ3) is 1.22. The molecule has 1 nitrogen and oxygen atoms in total. The lowest BCUT2D eigenvalue weighted by molar-refractivity contribution is 0.420. The lowest BCUT2D eigenvalue weighted by Gasteiger charge is -2.01. The van der Waals surface area contributed by atoms with E-state index in [0.717, 1.165) is 5.75 Å². The molecular formula is C13H10OS. The molecule has 0 amide bonds. The van der Waals surface area contributed by atoms with Crippen LogP contribution in [0.4, 0.5) is 0 Å². The highest BCUT2D eigenvalue weighted by atomic mass is 32.1. The van der Waals surface area contributed by atoms with Gasteiger partial charge in [0.2, 0.25) is 0 Å². The summed E-state index contributed by atoms with van der Waals surface area (Å²) in [6.07, 6.45) is 0. The van der Waals surface area contributed by atoms with Crippen molar-refractivity contribution < 1.29 is 4.74 Å². The second kappa shape index (κ2) is 3.24. The van der Waals surface area contributed by atoms with Gasteiger partial charge in [-0.1, -0.05) is 24.3 Å². The number of thiophene rings is 1. The van der Waals surface area contributed by atoms with E-state index in [1.807, 2.05) is 23.5 Å². The normalized spacial score (nSPS) is 11.0. The molecule has 2 aromatic carbocycles. The van der Waals surface area contributed by atoms with Gasteiger partial charge < -0.3 is 4.74 Å². The van der Waals surface area contributed by atoms with Crippen LogP contribution in [-0.4, -0.2) is 7.11 Å². The Morgan fingerprint density at radius 1 is 0.933 bits per heavy atom. The Morgan fingerprint density at radius 3 is 2.60 bits per heavy atom. The summed E-state index contributed by atoms with van der Waals surface area (Å²) >= 11 is 1.81. The van der Waals surface area contributed by atoms with Crippen molar-refractivity contribution in [3.8, 4) is 5.75 Å². The Kier molecular flexibility index (Phi) is 1.89. The topological polar surface area (TPSA) is 9.23 Å². The fraction of sp³-hybridized carbons (Fsp3) is 0.0769. The van der Waals surface area contributed by atoms with Crippen LogP contribution in [-0.2, 0) is 0 Å². The number of hydrogen-bond acceptors (Lipinski definition) is 2. The van der Waals surface area contributed by atoms with Gasteiger partial charge in [-0.2, -0.15) is 0 Å². The quantitative estimate of drug-likeness (QED) is 0.593. The Hall–Kier alpha value is -1.54. The molecule has 0 aliphatic carbocycles. The van der Waals surface area contributed by atoms with Crippen LogP contribution in [0.15, 0.2) is 42.5 Å². The predicted octanol–water partition coefficient (Wildman–Crippen LogP) is 4.06. The number of fused-ring (bicyclic) bond motifs is 3. The second-order valence-corrected chi connectivity index (χ2v) is 4.52. The number of hydrogen-bond donors (Lipinski definition) is 0. The predicted molar refractivity (Wildman–Crippen MR) is 65.9 cm³/mol. The number of methoxy groups -OCH3 is 1.